The van der Waals surface area contributed by atoms with E-state index in [1.54, 1.807) is 18.5 Å². The summed E-state index contributed by atoms with van der Waals surface area (Å²) in [5.74, 6) is 0.181. The van der Waals surface area contributed by atoms with Crippen molar-refractivity contribution in [3.05, 3.63) is 46.0 Å². The Bertz CT molecular complexity index is 634. The summed E-state index contributed by atoms with van der Waals surface area (Å²) in [7, 11) is 1.92. The first kappa shape index (κ1) is 14.7. The molecule has 2 aromatic rings. The van der Waals surface area contributed by atoms with Crippen LogP contribution < -0.4 is 0 Å². The zero-order valence-electron chi connectivity index (χ0n) is 12.0. The number of rotatable bonds is 5. The van der Waals surface area contributed by atoms with E-state index in [2.05, 4.69) is 10.1 Å². The molecule has 0 aliphatic heterocycles. The van der Waals surface area contributed by atoms with Gasteiger partial charge in [-0.2, -0.15) is 5.10 Å². The van der Waals surface area contributed by atoms with E-state index in [0.717, 1.165) is 23.4 Å². The lowest BCUT2D eigenvalue weighted by molar-refractivity contribution is -0.118. The molecule has 0 spiro atoms. The minimum Gasteiger partial charge on any atom is -0.299 e. The van der Waals surface area contributed by atoms with Crippen LogP contribution in [0, 0.1) is 13.8 Å². The molecule has 0 saturated heterocycles. The Morgan fingerprint density at radius 2 is 2.15 bits per heavy atom. The van der Waals surface area contributed by atoms with Crippen LogP contribution in [0.15, 0.2) is 18.5 Å². The summed E-state index contributed by atoms with van der Waals surface area (Å²) in [4.78, 5) is 16.0. The number of carbonyl (C=O) groups is 1. The van der Waals surface area contributed by atoms with Crippen molar-refractivity contribution < 1.29 is 4.79 Å². The molecular formula is C15H18ClN3O. The van der Waals surface area contributed by atoms with Crippen LogP contribution in [0.5, 0.6) is 0 Å². The molecule has 2 rings (SSSR count). The van der Waals surface area contributed by atoms with Gasteiger partial charge in [0.2, 0.25) is 0 Å². The zero-order valence-corrected chi connectivity index (χ0v) is 12.7. The molecule has 0 saturated carbocycles. The molecule has 2 heterocycles. The molecule has 20 heavy (non-hydrogen) atoms. The van der Waals surface area contributed by atoms with Gasteiger partial charge in [-0.1, -0.05) is 11.6 Å². The van der Waals surface area contributed by atoms with Crippen LogP contribution in [-0.4, -0.2) is 20.5 Å². The van der Waals surface area contributed by atoms with Gasteiger partial charge in [0.1, 0.15) is 5.78 Å². The summed E-state index contributed by atoms with van der Waals surface area (Å²) < 4.78 is 1.86. The fourth-order valence-electron chi connectivity index (χ4n) is 2.29. The van der Waals surface area contributed by atoms with Crippen molar-refractivity contribution in [3.8, 4) is 0 Å². The molecule has 0 aromatic carbocycles. The highest BCUT2D eigenvalue weighted by Gasteiger charge is 2.12. The Hall–Kier alpha value is -1.68. The van der Waals surface area contributed by atoms with E-state index in [4.69, 9.17) is 11.6 Å². The molecule has 4 nitrogen and oxygen atoms in total. The van der Waals surface area contributed by atoms with Gasteiger partial charge in [0.05, 0.1) is 10.7 Å². The lowest BCUT2D eigenvalue weighted by Crippen LogP contribution is -2.06. The second kappa shape index (κ2) is 6.18. The van der Waals surface area contributed by atoms with Crippen LogP contribution in [0.3, 0.4) is 0 Å². The summed E-state index contributed by atoms with van der Waals surface area (Å²) in [5.41, 5.74) is 4.13. The fourth-order valence-corrected chi connectivity index (χ4v) is 2.48. The number of hydrogen-bond donors (Lipinski definition) is 0. The smallest absolute Gasteiger partial charge is 0.137 e. The van der Waals surface area contributed by atoms with Crippen molar-refractivity contribution in [1.82, 2.24) is 14.8 Å². The van der Waals surface area contributed by atoms with E-state index < -0.39 is 0 Å². The van der Waals surface area contributed by atoms with E-state index in [-0.39, 0.29) is 5.78 Å². The summed E-state index contributed by atoms with van der Waals surface area (Å²) in [5, 5.41) is 4.91. The lowest BCUT2D eigenvalue weighted by atomic mass is 10.0. The number of carbonyl (C=O) groups excluding carboxylic acids is 1. The normalized spacial score (nSPS) is 10.8. The number of halogens is 1. The number of pyridine rings is 1. The number of aryl methyl sites for hydroxylation is 2. The highest BCUT2D eigenvalue weighted by Crippen LogP contribution is 2.17. The predicted molar refractivity (Wildman–Crippen MR) is 79.0 cm³/mol. The number of nitrogens with zero attached hydrogens (tertiary/aromatic N) is 3. The third-order valence-corrected chi connectivity index (χ3v) is 3.90. The third kappa shape index (κ3) is 3.25. The second-order valence-corrected chi connectivity index (χ2v) is 5.36. The van der Waals surface area contributed by atoms with E-state index in [0.29, 0.717) is 17.9 Å². The van der Waals surface area contributed by atoms with Crippen LogP contribution in [0.1, 0.15) is 28.9 Å². The number of Topliss-reactive ketones (excluding diaryl/α,β-unsaturated/α-hetero) is 1. The largest absolute Gasteiger partial charge is 0.299 e. The molecule has 0 unspecified atom stereocenters. The van der Waals surface area contributed by atoms with E-state index in [1.165, 1.54) is 5.56 Å². The molecular weight excluding hydrogens is 274 g/mol. The van der Waals surface area contributed by atoms with Gasteiger partial charge < -0.3 is 0 Å². The number of hydrogen-bond acceptors (Lipinski definition) is 3. The first-order chi connectivity index (χ1) is 9.49. The van der Waals surface area contributed by atoms with Gasteiger partial charge in [-0.15, -0.1) is 0 Å². The fraction of sp³-hybridized carbons (Fsp3) is 0.400. The van der Waals surface area contributed by atoms with Gasteiger partial charge in [0.25, 0.3) is 0 Å². The van der Waals surface area contributed by atoms with E-state index in [9.17, 15) is 4.79 Å². The van der Waals surface area contributed by atoms with Gasteiger partial charge in [0.15, 0.2) is 0 Å². The Balaban J connectivity index is 1.98. The van der Waals surface area contributed by atoms with Gasteiger partial charge in [-0.25, -0.2) is 0 Å². The van der Waals surface area contributed by atoms with Crippen LogP contribution >= 0.6 is 11.6 Å². The maximum atomic E-state index is 12.1. The minimum atomic E-state index is 0.181. The van der Waals surface area contributed by atoms with Gasteiger partial charge in [-0.05, 0) is 37.5 Å². The quantitative estimate of drug-likeness (QED) is 0.851. The molecule has 0 N–H and O–H groups in total. The van der Waals surface area contributed by atoms with Crippen LogP contribution in [0.4, 0.5) is 0 Å². The highest BCUT2D eigenvalue weighted by molar-refractivity contribution is 6.31. The first-order valence-electron chi connectivity index (χ1n) is 6.58. The van der Waals surface area contributed by atoms with Crippen molar-refractivity contribution in [1.29, 1.82) is 0 Å². The molecule has 0 aliphatic carbocycles. The summed E-state index contributed by atoms with van der Waals surface area (Å²) in [6, 6.07) is 1.79. The zero-order chi connectivity index (χ0) is 14.7. The Labute approximate surface area is 123 Å². The number of aromatic nitrogens is 3. The van der Waals surface area contributed by atoms with Crippen LogP contribution in [0.25, 0.3) is 0 Å². The topological polar surface area (TPSA) is 47.8 Å². The SMILES string of the molecule is Cc1nn(C)c(C)c1CCC(=O)Cc1ccncc1Cl. The average molecular weight is 292 g/mol. The molecule has 2 aromatic heterocycles. The van der Waals surface area contributed by atoms with Gasteiger partial charge in [-0.3, -0.25) is 14.5 Å². The monoisotopic (exact) mass is 291 g/mol. The van der Waals surface area contributed by atoms with Crippen molar-refractivity contribution in [3.63, 3.8) is 0 Å². The maximum absolute atomic E-state index is 12.1. The molecule has 0 amide bonds. The lowest BCUT2D eigenvalue weighted by Gasteiger charge is -2.04. The molecule has 0 fully saturated rings. The van der Waals surface area contributed by atoms with Crippen molar-refractivity contribution in [2.45, 2.75) is 33.1 Å². The summed E-state index contributed by atoms with van der Waals surface area (Å²) in [6.45, 7) is 4.01. The average Bonchev–Trinajstić information content (AvgIpc) is 2.64. The van der Waals surface area contributed by atoms with Crippen LogP contribution in [0.2, 0.25) is 5.02 Å². The highest BCUT2D eigenvalue weighted by atomic mass is 35.5. The summed E-state index contributed by atoms with van der Waals surface area (Å²) in [6.07, 6.45) is 4.82. The van der Waals surface area contributed by atoms with Gasteiger partial charge >= 0.3 is 0 Å². The van der Waals surface area contributed by atoms with E-state index in [1.807, 2.05) is 25.6 Å². The molecule has 0 atom stereocenters. The van der Waals surface area contributed by atoms with E-state index >= 15 is 0 Å². The van der Waals surface area contributed by atoms with Crippen molar-refractivity contribution in [2.24, 2.45) is 7.05 Å². The first-order valence-corrected chi connectivity index (χ1v) is 6.96. The molecule has 106 valence electrons. The Morgan fingerprint density at radius 3 is 2.75 bits per heavy atom. The molecule has 0 radical (unpaired) electrons. The number of ketones is 1. The maximum Gasteiger partial charge on any atom is 0.137 e. The second-order valence-electron chi connectivity index (χ2n) is 4.96. The predicted octanol–water partition coefficient (Wildman–Crippen LogP) is 2.83. The van der Waals surface area contributed by atoms with Crippen molar-refractivity contribution >= 4 is 17.4 Å². The van der Waals surface area contributed by atoms with Crippen LogP contribution in [-0.2, 0) is 24.7 Å². The Kier molecular flexibility index (Phi) is 4.55. The Morgan fingerprint density at radius 1 is 1.40 bits per heavy atom. The third-order valence-electron chi connectivity index (χ3n) is 3.56. The molecule has 0 bridgehead atoms. The molecule has 0 aliphatic rings. The summed E-state index contributed by atoms with van der Waals surface area (Å²) >= 11 is 6.01. The van der Waals surface area contributed by atoms with Gasteiger partial charge in [0, 0.05) is 38.0 Å². The molecule has 5 heteroatoms. The standard InChI is InChI=1S/C15H18ClN3O/c1-10-14(11(2)19(3)18-10)5-4-13(20)8-12-6-7-17-9-15(12)16/h6-7,9H,4-5,8H2,1-3H3. The van der Waals surface area contributed by atoms with Crippen molar-refractivity contribution in [2.75, 3.05) is 0 Å². The minimum absolute atomic E-state index is 0.181.